The van der Waals surface area contributed by atoms with E-state index in [9.17, 15) is 0 Å². The van der Waals surface area contributed by atoms with Crippen LogP contribution >= 0.6 is 0 Å². The minimum atomic E-state index is 0.970. The first-order valence-corrected chi connectivity index (χ1v) is 13.8. The molecule has 0 aliphatic heterocycles. The maximum atomic E-state index is 2.49. The molecule has 1 atom stereocenters. The van der Waals surface area contributed by atoms with Crippen molar-refractivity contribution in [2.75, 3.05) is 0 Å². The molecule has 0 saturated carbocycles. The Kier molecular flexibility index (Phi) is 25.0. The van der Waals surface area contributed by atoms with E-state index in [0.29, 0.717) is 0 Å². The summed E-state index contributed by atoms with van der Waals surface area (Å²) in [7, 11) is 0. The number of hydrogen-bond acceptors (Lipinski definition) is 0. The van der Waals surface area contributed by atoms with E-state index in [1.807, 2.05) is 0 Å². The van der Waals surface area contributed by atoms with Crippen LogP contribution in [0.5, 0.6) is 0 Å². The van der Waals surface area contributed by atoms with Crippen LogP contribution in [0.4, 0.5) is 0 Å². The highest BCUT2D eigenvalue weighted by atomic mass is 14.1. The lowest BCUT2D eigenvalue weighted by Crippen LogP contribution is -1.95. The van der Waals surface area contributed by atoms with Crippen LogP contribution < -0.4 is 0 Å². The van der Waals surface area contributed by atoms with Gasteiger partial charge in [-0.2, -0.15) is 0 Å². The van der Waals surface area contributed by atoms with Crippen LogP contribution in [0.25, 0.3) is 0 Å². The summed E-state index contributed by atoms with van der Waals surface area (Å²) in [5.74, 6) is 0.970. The standard InChI is InChI=1S/C28H58/c1-4-6-8-10-12-14-16-17-19-21-23-25-27-28(3)26-24-22-20-18-15-13-11-9-7-5-2/h28H,4-27H2,1-3H3/t28-/m0/s1. The fourth-order valence-corrected chi connectivity index (χ4v) is 4.46. The SMILES string of the molecule is CCCCCCCCCCCCCC[C@@H](C)CCCCCCCCCCCC. The Morgan fingerprint density at radius 3 is 0.786 bits per heavy atom. The molecule has 0 bridgehead atoms. The van der Waals surface area contributed by atoms with Gasteiger partial charge in [0, 0.05) is 0 Å². The predicted octanol–water partition coefficient (Wildman–Crippen LogP) is 11.0. The lowest BCUT2D eigenvalue weighted by molar-refractivity contribution is 0.429. The molecule has 28 heavy (non-hydrogen) atoms. The maximum Gasteiger partial charge on any atom is -0.0443 e. The van der Waals surface area contributed by atoms with Gasteiger partial charge in [-0.05, 0) is 5.92 Å². The van der Waals surface area contributed by atoms with Crippen molar-refractivity contribution in [2.24, 2.45) is 5.92 Å². The lowest BCUT2D eigenvalue weighted by atomic mass is 9.95. The van der Waals surface area contributed by atoms with Gasteiger partial charge in [0.1, 0.15) is 0 Å². The number of rotatable bonds is 24. The van der Waals surface area contributed by atoms with E-state index < -0.39 is 0 Å². The van der Waals surface area contributed by atoms with Crippen molar-refractivity contribution in [1.29, 1.82) is 0 Å². The molecule has 0 aromatic heterocycles. The number of hydrogen-bond donors (Lipinski definition) is 0. The Labute approximate surface area is 181 Å². The predicted molar refractivity (Wildman–Crippen MR) is 131 cm³/mol. The van der Waals surface area contributed by atoms with Crippen LogP contribution in [0, 0.1) is 5.92 Å². The second-order valence-electron chi connectivity index (χ2n) is 9.75. The molecule has 0 N–H and O–H groups in total. The zero-order valence-corrected chi connectivity index (χ0v) is 20.5. The van der Waals surface area contributed by atoms with Crippen molar-refractivity contribution in [1.82, 2.24) is 0 Å². The lowest BCUT2D eigenvalue weighted by Gasteiger charge is -2.11. The second-order valence-corrected chi connectivity index (χ2v) is 9.75. The second kappa shape index (κ2) is 25.0. The van der Waals surface area contributed by atoms with E-state index >= 15 is 0 Å². The molecule has 0 aromatic rings. The van der Waals surface area contributed by atoms with Gasteiger partial charge in [0.2, 0.25) is 0 Å². The number of unbranched alkanes of at least 4 members (excludes halogenated alkanes) is 20. The van der Waals surface area contributed by atoms with Gasteiger partial charge in [0.05, 0.1) is 0 Å². The van der Waals surface area contributed by atoms with Gasteiger partial charge in [-0.25, -0.2) is 0 Å². The van der Waals surface area contributed by atoms with Crippen LogP contribution in [0.1, 0.15) is 175 Å². The van der Waals surface area contributed by atoms with Gasteiger partial charge >= 0.3 is 0 Å². The minimum absolute atomic E-state index is 0.970. The normalized spacial score (nSPS) is 12.5. The Morgan fingerprint density at radius 2 is 0.536 bits per heavy atom. The fraction of sp³-hybridized carbons (Fsp3) is 1.00. The van der Waals surface area contributed by atoms with E-state index in [2.05, 4.69) is 20.8 Å². The van der Waals surface area contributed by atoms with Gasteiger partial charge in [0.15, 0.2) is 0 Å². The Morgan fingerprint density at radius 1 is 0.321 bits per heavy atom. The summed E-state index contributed by atoms with van der Waals surface area (Å²) in [6.07, 6.45) is 35.3. The molecule has 0 aromatic carbocycles. The topological polar surface area (TPSA) is 0 Å². The van der Waals surface area contributed by atoms with E-state index in [1.54, 1.807) is 0 Å². The van der Waals surface area contributed by atoms with Gasteiger partial charge in [-0.15, -0.1) is 0 Å². The average molecular weight is 395 g/mol. The molecular formula is C28H58. The van der Waals surface area contributed by atoms with Crippen LogP contribution in [0.3, 0.4) is 0 Å². The summed E-state index contributed by atoms with van der Waals surface area (Å²) < 4.78 is 0. The first kappa shape index (κ1) is 28.0. The third kappa shape index (κ3) is 24.0. The van der Waals surface area contributed by atoms with Crippen LogP contribution in [0.15, 0.2) is 0 Å². The first-order valence-electron chi connectivity index (χ1n) is 13.8. The monoisotopic (exact) mass is 394 g/mol. The molecule has 0 radical (unpaired) electrons. The Hall–Kier alpha value is 0. The van der Waals surface area contributed by atoms with E-state index in [0.717, 1.165) is 5.92 Å². The maximum absolute atomic E-state index is 2.49. The summed E-state index contributed by atoms with van der Waals surface area (Å²) in [6, 6.07) is 0. The van der Waals surface area contributed by atoms with E-state index in [1.165, 1.54) is 154 Å². The Balaban J connectivity index is 3.12. The minimum Gasteiger partial charge on any atom is -0.0654 e. The van der Waals surface area contributed by atoms with Crippen LogP contribution in [-0.2, 0) is 0 Å². The van der Waals surface area contributed by atoms with Crippen molar-refractivity contribution < 1.29 is 0 Å². The molecule has 0 saturated heterocycles. The summed E-state index contributed by atoms with van der Waals surface area (Å²) in [5.41, 5.74) is 0. The average Bonchev–Trinajstić information content (AvgIpc) is 2.70. The first-order chi connectivity index (χ1) is 13.8. The fourth-order valence-electron chi connectivity index (χ4n) is 4.46. The van der Waals surface area contributed by atoms with Crippen molar-refractivity contribution in [3.63, 3.8) is 0 Å². The van der Waals surface area contributed by atoms with Crippen LogP contribution in [-0.4, -0.2) is 0 Å². The van der Waals surface area contributed by atoms with Gasteiger partial charge in [0.25, 0.3) is 0 Å². The Bertz CT molecular complexity index is 257. The van der Waals surface area contributed by atoms with Crippen molar-refractivity contribution in [3.05, 3.63) is 0 Å². The van der Waals surface area contributed by atoms with Crippen molar-refractivity contribution >= 4 is 0 Å². The van der Waals surface area contributed by atoms with Crippen molar-refractivity contribution in [3.8, 4) is 0 Å². The smallest absolute Gasteiger partial charge is 0.0443 e. The molecular weight excluding hydrogens is 336 g/mol. The van der Waals surface area contributed by atoms with E-state index in [-0.39, 0.29) is 0 Å². The highest BCUT2D eigenvalue weighted by Crippen LogP contribution is 2.19. The van der Waals surface area contributed by atoms with Gasteiger partial charge in [-0.1, -0.05) is 175 Å². The molecule has 0 heteroatoms. The zero-order chi connectivity index (χ0) is 20.5. The highest BCUT2D eigenvalue weighted by molar-refractivity contribution is 4.56. The van der Waals surface area contributed by atoms with Gasteiger partial charge < -0.3 is 0 Å². The largest absolute Gasteiger partial charge is 0.0654 e. The highest BCUT2D eigenvalue weighted by Gasteiger charge is 2.02. The zero-order valence-electron chi connectivity index (χ0n) is 20.5. The summed E-state index contributed by atoms with van der Waals surface area (Å²) in [5, 5.41) is 0. The molecule has 0 rings (SSSR count). The molecule has 170 valence electrons. The van der Waals surface area contributed by atoms with Gasteiger partial charge in [-0.3, -0.25) is 0 Å². The van der Waals surface area contributed by atoms with Crippen LogP contribution in [0.2, 0.25) is 0 Å². The summed E-state index contributed by atoms with van der Waals surface area (Å²) >= 11 is 0. The third-order valence-electron chi connectivity index (χ3n) is 6.60. The summed E-state index contributed by atoms with van der Waals surface area (Å²) in [4.78, 5) is 0. The quantitative estimate of drug-likeness (QED) is 0.143. The molecule has 0 spiro atoms. The molecule has 0 heterocycles. The van der Waals surface area contributed by atoms with E-state index in [4.69, 9.17) is 0 Å². The molecule has 0 unspecified atom stereocenters. The molecule has 0 aliphatic rings. The third-order valence-corrected chi connectivity index (χ3v) is 6.60. The molecule has 0 fully saturated rings. The summed E-state index contributed by atoms with van der Waals surface area (Å²) in [6.45, 7) is 7.10. The van der Waals surface area contributed by atoms with Crippen molar-refractivity contribution in [2.45, 2.75) is 175 Å². The molecule has 0 aliphatic carbocycles. The molecule has 0 amide bonds. The molecule has 0 nitrogen and oxygen atoms in total.